The van der Waals surface area contributed by atoms with Crippen molar-refractivity contribution in [3.63, 3.8) is 0 Å². The predicted molar refractivity (Wildman–Crippen MR) is 115 cm³/mol. The Morgan fingerprint density at radius 2 is 2.00 bits per heavy atom. The van der Waals surface area contributed by atoms with E-state index in [9.17, 15) is 4.79 Å². The Morgan fingerprint density at radius 1 is 1.23 bits per heavy atom. The molecule has 0 spiro atoms. The number of hydrogen-bond acceptors (Lipinski definition) is 5. The highest BCUT2D eigenvalue weighted by molar-refractivity contribution is 6.05. The van der Waals surface area contributed by atoms with E-state index >= 15 is 0 Å². The highest BCUT2D eigenvalue weighted by Crippen LogP contribution is 2.27. The third kappa shape index (κ3) is 4.26. The van der Waals surface area contributed by atoms with E-state index in [1.807, 2.05) is 29.8 Å². The molecule has 1 amide bonds. The molecular formula is C23H28N4O3. The molecule has 30 heavy (non-hydrogen) atoms. The van der Waals surface area contributed by atoms with Crippen LogP contribution in [0.25, 0.3) is 0 Å². The average Bonchev–Trinajstić information content (AvgIpc) is 3.34. The molecule has 3 aromatic rings. The number of rotatable bonds is 6. The van der Waals surface area contributed by atoms with Crippen molar-refractivity contribution < 1.29 is 13.9 Å². The number of aromatic nitrogens is 2. The van der Waals surface area contributed by atoms with Gasteiger partial charge in [-0.1, -0.05) is 12.1 Å². The summed E-state index contributed by atoms with van der Waals surface area (Å²) in [5, 5.41) is 7.48. The van der Waals surface area contributed by atoms with Crippen molar-refractivity contribution in [2.24, 2.45) is 0 Å². The van der Waals surface area contributed by atoms with Crippen LogP contribution in [-0.4, -0.2) is 40.8 Å². The maximum atomic E-state index is 12.8. The van der Waals surface area contributed by atoms with Crippen LogP contribution in [0.3, 0.4) is 0 Å². The van der Waals surface area contributed by atoms with Gasteiger partial charge in [0, 0.05) is 19.2 Å². The van der Waals surface area contributed by atoms with Gasteiger partial charge < -0.3 is 14.5 Å². The molecule has 1 saturated heterocycles. The molecule has 2 aromatic heterocycles. The number of benzene rings is 1. The standard InChI is InChI=1S/C23H28N4O3/c1-16-14-19(30-17(16)2)15-26-12-9-18(10-13-26)27-22(8-11-24-27)25-23(28)20-6-4-5-7-21(20)29-3/h4-8,11,14,18H,9-10,12-13,15H2,1-3H3,(H,25,28). The van der Waals surface area contributed by atoms with Gasteiger partial charge in [-0.2, -0.15) is 5.10 Å². The molecule has 0 unspecified atom stereocenters. The molecule has 1 aromatic carbocycles. The average molecular weight is 409 g/mol. The van der Waals surface area contributed by atoms with Crippen LogP contribution in [-0.2, 0) is 6.54 Å². The Hall–Kier alpha value is -3.06. The summed E-state index contributed by atoms with van der Waals surface area (Å²) in [6.07, 6.45) is 3.67. The lowest BCUT2D eigenvalue weighted by molar-refractivity contribution is 0.102. The van der Waals surface area contributed by atoms with E-state index in [0.717, 1.165) is 44.0 Å². The maximum Gasteiger partial charge on any atom is 0.260 e. The second-order valence-electron chi connectivity index (χ2n) is 7.77. The molecule has 0 saturated carbocycles. The van der Waals surface area contributed by atoms with E-state index in [1.54, 1.807) is 25.4 Å². The van der Waals surface area contributed by atoms with Gasteiger partial charge in [-0.3, -0.25) is 9.69 Å². The molecule has 7 nitrogen and oxygen atoms in total. The fourth-order valence-corrected chi connectivity index (χ4v) is 3.99. The summed E-state index contributed by atoms with van der Waals surface area (Å²) in [6.45, 7) is 6.83. The monoisotopic (exact) mass is 408 g/mol. The van der Waals surface area contributed by atoms with Gasteiger partial charge in [0.25, 0.3) is 5.91 Å². The van der Waals surface area contributed by atoms with Crippen molar-refractivity contribution >= 4 is 11.7 Å². The van der Waals surface area contributed by atoms with E-state index in [4.69, 9.17) is 9.15 Å². The molecule has 3 heterocycles. The molecule has 1 N–H and O–H groups in total. The minimum Gasteiger partial charge on any atom is -0.496 e. The summed E-state index contributed by atoms with van der Waals surface area (Å²) >= 11 is 0. The molecule has 0 aliphatic carbocycles. The minimum atomic E-state index is -0.199. The summed E-state index contributed by atoms with van der Waals surface area (Å²) in [5.41, 5.74) is 1.71. The quantitative estimate of drug-likeness (QED) is 0.662. The van der Waals surface area contributed by atoms with Crippen molar-refractivity contribution in [3.05, 3.63) is 65.2 Å². The molecular weight excluding hydrogens is 380 g/mol. The third-order valence-electron chi connectivity index (χ3n) is 5.76. The number of furan rings is 1. The number of methoxy groups -OCH3 is 1. The van der Waals surface area contributed by atoms with Gasteiger partial charge in [0.05, 0.1) is 31.5 Å². The van der Waals surface area contributed by atoms with Crippen LogP contribution < -0.4 is 10.1 Å². The van der Waals surface area contributed by atoms with Gasteiger partial charge in [-0.05, 0) is 50.5 Å². The predicted octanol–water partition coefficient (Wildman–Crippen LogP) is 4.19. The van der Waals surface area contributed by atoms with Crippen LogP contribution in [0.5, 0.6) is 5.75 Å². The zero-order valence-electron chi connectivity index (χ0n) is 17.7. The van der Waals surface area contributed by atoms with Gasteiger partial charge in [0.1, 0.15) is 23.1 Å². The normalized spacial score (nSPS) is 15.3. The fourth-order valence-electron chi connectivity index (χ4n) is 3.99. The number of amides is 1. The number of carbonyl (C=O) groups excluding carboxylic acids is 1. The van der Waals surface area contributed by atoms with Crippen LogP contribution in [0, 0.1) is 13.8 Å². The first-order chi connectivity index (χ1) is 14.5. The maximum absolute atomic E-state index is 12.8. The van der Waals surface area contributed by atoms with Crippen molar-refractivity contribution in [3.8, 4) is 5.75 Å². The van der Waals surface area contributed by atoms with Crippen LogP contribution in [0.1, 0.15) is 46.3 Å². The van der Waals surface area contributed by atoms with Gasteiger partial charge in [-0.15, -0.1) is 0 Å². The Morgan fingerprint density at radius 3 is 2.70 bits per heavy atom. The lowest BCUT2D eigenvalue weighted by Gasteiger charge is -2.32. The van der Waals surface area contributed by atoms with Crippen LogP contribution >= 0.6 is 0 Å². The fraction of sp³-hybridized carbons (Fsp3) is 0.391. The number of carbonyl (C=O) groups is 1. The van der Waals surface area contributed by atoms with Crippen molar-refractivity contribution in [2.45, 2.75) is 39.3 Å². The molecule has 1 aliphatic heterocycles. The zero-order chi connectivity index (χ0) is 21.1. The van der Waals surface area contributed by atoms with Gasteiger partial charge in [0.15, 0.2) is 0 Å². The first kappa shape index (κ1) is 20.2. The molecule has 0 atom stereocenters. The first-order valence-corrected chi connectivity index (χ1v) is 10.3. The number of para-hydroxylation sites is 1. The van der Waals surface area contributed by atoms with E-state index in [1.165, 1.54) is 5.56 Å². The molecule has 7 heteroatoms. The second kappa shape index (κ2) is 8.75. The van der Waals surface area contributed by atoms with Crippen LogP contribution in [0.15, 0.2) is 47.0 Å². The SMILES string of the molecule is COc1ccccc1C(=O)Nc1ccnn1C1CCN(Cc2cc(C)c(C)o2)CC1. The lowest BCUT2D eigenvalue weighted by Crippen LogP contribution is -2.34. The zero-order valence-corrected chi connectivity index (χ0v) is 17.7. The first-order valence-electron chi connectivity index (χ1n) is 10.3. The van der Waals surface area contributed by atoms with E-state index in [2.05, 4.69) is 28.3 Å². The van der Waals surface area contributed by atoms with Crippen LogP contribution in [0.2, 0.25) is 0 Å². The number of likely N-dealkylation sites (tertiary alicyclic amines) is 1. The Kier molecular flexibility index (Phi) is 5.90. The van der Waals surface area contributed by atoms with E-state index < -0.39 is 0 Å². The van der Waals surface area contributed by atoms with Crippen molar-refractivity contribution in [2.75, 3.05) is 25.5 Å². The second-order valence-corrected chi connectivity index (χ2v) is 7.77. The van der Waals surface area contributed by atoms with Gasteiger partial charge in [0.2, 0.25) is 0 Å². The number of nitrogens with zero attached hydrogens (tertiary/aromatic N) is 3. The molecule has 0 radical (unpaired) electrons. The van der Waals surface area contributed by atoms with E-state index in [-0.39, 0.29) is 11.9 Å². The van der Waals surface area contributed by atoms with E-state index in [0.29, 0.717) is 17.1 Å². The number of anilines is 1. The van der Waals surface area contributed by atoms with Gasteiger partial charge >= 0.3 is 0 Å². The third-order valence-corrected chi connectivity index (χ3v) is 5.76. The Labute approximate surface area is 176 Å². The van der Waals surface area contributed by atoms with Crippen LogP contribution in [0.4, 0.5) is 5.82 Å². The molecule has 1 fully saturated rings. The number of ether oxygens (including phenoxy) is 1. The molecule has 0 bridgehead atoms. The molecule has 1 aliphatic rings. The number of hydrogen-bond donors (Lipinski definition) is 1. The largest absolute Gasteiger partial charge is 0.496 e. The van der Waals surface area contributed by atoms with Gasteiger partial charge in [-0.25, -0.2) is 4.68 Å². The summed E-state index contributed by atoms with van der Waals surface area (Å²) < 4.78 is 13.1. The summed E-state index contributed by atoms with van der Waals surface area (Å²) in [6, 6.07) is 11.4. The molecule has 158 valence electrons. The Bertz CT molecular complexity index is 996. The molecule has 4 rings (SSSR count). The Balaban J connectivity index is 1.38. The van der Waals surface area contributed by atoms with Crippen molar-refractivity contribution in [1.29, 1.82) is 0 Å². The topological polar surface area (TPSA) is 72.5 Å². The number of nitrogens with one attached hydrogen (secondary N) is 1. The minimum absolute atomic E-state index is 0.199. The summed E-state index contributed by atoms with van der Waals surface area (Å²) in [7, 11) is 1.56. The summed E-state index contributed by atoms with van der Waals surface area (Å²) in [5.74, 6) is 3.08. The number of piperidine rings is 1. The highest BCUT2D eigenvalue weighted by atomic mass is 16.5. The smallest absolute Gasteiger partial charge is 0.260 e. The highest BCUT2D eigenvalue weighted by Gasteiger charge is 2.24. The number of aryl methyl sites for hydroxylation is 2. The summed E-state index contributed by atoms with van der Waals surface area (Å²) in [4.78, 5) is 15.2. The lowest BCUT2D eigenvalue weighted by atomic mass is 10.1. The van der Waals surface area contributed by atoms with Crippen molar-refractivity contribution in [1.82, 2.24) is 14.7 Å².